The third-order valence-electron chi connectivity index (χ3n) is 5.64. The van der Waals surface area contributed by atoms with E-state index in [0.29, 0.717) is 41.7 Å². The number of nitrogens with one attached hydrogen (secondary N) is 1. The first-order valence-corrected chi connectivity index (χ1v) is 11.4. The first kappa shape index (κ1) is 26.8. The van der Waals surface area contributed by atoms with Crippen LogP contribution in [0, 0.1) is 0 Å². The zero-order valence-electron chi connectivity index (χ0n) is 20.4. The fourth-order valence-corrected chi connectivity index (χ4v) is 3.92. The van der Waals surface area contributed by atoms with Crippen molar-refractivity contribution < 1.29 is 19.0 Å². The maximum Gasteiger partial charge on any atom is 0.341 e. The molecule has 4 rings (SSSR count). The van der Waals surface area contributed by atoms with Crippen molar-refractivity contribution in [3.05, 3.63) is 72.1 Å². The predicted molar refractivity (Wildman–Crippen MR) is 142 cm³/mol. The number of anilines is 1. The molecule has 0 bridgehead atoms. The van der Waals surface area contributed by atoms with Crippen LogP contribution in [0.15, 0.2) is 60.9 Å². The molecule has 3 N–H and O–H groups in total. The number of rotatable bonds is 10. The van der Waals surface area contributed by atoms with Crippen LogP contribution < -0.4 is 20.5 Å². The second-order valence-corrected chi connectivity index (χ2v) is 7.78. The van der Waals surface area contributed by atoms with Gasteiger partial charge in [0.2, 0.25) is 0 Å². The number of methoxy groups -OCH3 is 2. The summed E-state index contributed by atoms with van der Waals surface area (Å²) in [7, 11) is 3.17. The lowest BCUT2D eigenvalue weighted by atomic mass is 10.0. The molecule has 36 heavy (non-hydrogen) atoms. The maximum atomic E-state index is 12.7. The van der Waals surface area contributed by atoms with Gasteiger partial charge in [-0.05, 0) is 37.6 Å². The van der Waals surface area contributed by atoms with Crippen LogP contribution in [0.3, 0.4) is 0 Å². The Morgan fingerprint density at radius 1 is 1.08 bits per heavy atom. The molecule has 0 aliphatic carbocycles. The third-order valence-corrected chi connectivity index (χ3v) is 5.64. The Labute approximate surface area is 216 Å². The van der Waals surface area contributed by atoms with Crippen molar-refractivity contribution in [2.75, 3.05) is 32.7 Å². The number of hydrogen-bond donors (Lipinski definition) is 2. The van der Waals surface area contributed by atoms with Crippen molar-refractivity contribution in [3.8, 4) is 17.3 Å². The molecule has 2 heterocycles. The summed E-state index contributed by atoms with van der Waals surface area (Å²) >= 11 is 0. The fourth-order valence-electron chi connectivity index (χ4n) is 3.92. The van der Waals surface area contributed by atoms with E-state index in [2.05, 4.69) is 10.3 Å². The van der Waals surface area contributed by atoms with Crippen molar-refractivity contribution in [2.24, 2.45) is 5.73 Å². The van der Waals surface area contributed by atoms with Gasteiger partial charge in [-0.15, -0.1) is 12.4 Å². The van der Waals surface area contributed by atoms with Crippen LogP contribution in [0.4, 0.5) is 5.82 Å². The van der Waals surface area contributed by atoms with Crippen LogP contribution in [0.1, 0.15) is 35.3 Å². The van der Waals surface area contributed by atoms with Crippen molar-refractivity contribution in [3.63, 3.8) is 0 Å². The quantitative estimate of drug-likeness (QED) is 0.298. The molecule has 0 saturated carbocycles. The second-order valence-electron chi connectivity index (χ2n) is 7.78. The number of benzene rings is 2. The first-order chi connectivity index (χ1) is 17.1. The summed E-state index contributed by atoms with van der Waals surface area (Å²) in [5.74, 6) is 1.71. The Bertz CT molecular complexity index is 1310. The summed E-state index contributed by atoms with van der Waals surface area (Å²) in [4.78, 5) is 22.0. The van der Waals surface area contributed by atoms with E-state index in [1.54, 1.807) is 39.6 Å². The summed E-state index contributed by atoms with van der Waals surface area (Å²) in [6, 6.07) is 16.9. The number of fused-ring (bicyclic) bond motifs is 1. The molecule has 2 aromatic carbocycles. The molecule has 10 heteroatoms. The number of aromatic nitrogens is 3. The van der Waals surface area contributed by atoms with E-state index in [-0.39, 0.29) is 25.1 Å². The summed E-state index contributed by atoms with van der Waals surface area (Å²) in [6.07, 6.45) is 2.33. The molecule has 4 aromatic rings. The zero-order chi connectivity index (χ0) is 24.8. The molecule has 0 aliphatic rings. The van der Waals surface area contributed by atoms with Crippen LogP contribution >= 0.6 is 12.4 Å². The Morgan fingerprint density at radius 3 is 2.47 bits per heavy atom. The molecule has 2 aromatic heterocycles. The van der Waals surface area contributed by atoms with Crippen molar-refractivity contribution >= 4 is 35.2 Å². The summed E-state index contributed by atoms with van der Waals surface area (Å²) in [5.41, 5.74) is 8.80. The van der Waals surface area contributed by atoms with Gasteiger partial charge in [-0.2, -0.15) is 0 Å². The van der Waals surface area contributed by atoms with Crippen molar-refractivity contribution in [2.45, 2.75) is 19.4 Å². The van der Waals surface area contributed by atoms with Gasteiger partial charge in [-0.25, -0.2) is 14.8 Å². The molecule has 1 unspecified atom stereocenters. The van der Waals surface area contributed by atoms with Crippen LogP contribution in [-0.4, -0.2) is 47.9 Å². The lowest BCUT2D eigenvalue weighted by molar-refractivity contribution is 0.0527. The van der Waals surface area contributed by atoms with Crippen LogP contribution in [-0.2, 0) is 4.74 Å². The lowest BCUT2D eigenvalue weighted by Gasteiger charge is -2.21. The summed E-state index contributed by atoms with van der Waals surface area (Å²) in [5, 5.41) is 3.42. The van der Waals surface area contributed by atoms with Gasteiger partial charge in [0.05, 0.1) is 37.9 Å². The minimum Gasteiger partial charge on any atom is -0.493 e. The topological polar surface area (TPSA) is 114 Å². The average Bonchev–Trinajstić information content (AvgIpc) is 3.31. The Kier molecular flexibility index (Phi) is 9.10. The number of ether oxygens (including phenoxy) is 3. The summed E-state index contributed by atoms with van der Waals surface area (Å²) in [6.45, 7) is 2.50. The minimum atomic E-state index is -0.449. The lowest BCUT2D eigenvalue weighted by Crippen LogP contribution is -2.19. The van der Waals surface area contributed by atoms with E-state index in [9.17, 15) is 4.79 Å². The normalized spacial score (nSPS) is 11.4. The number of halogens is 1. The van der Waals surface area contributed by atoms with E-state index in [1.807, 2.05) is 47.0 Å². The number of nitrogens with zero attached hydrogens (tertiary/aromatic N) is 3. The van der Waals surface area contributed by atoms with E-state index in [0.717, 1.165) is 16.6 Å². The van der Waals surface area contributed by atoms with Gasteiger partial charge in [0, 0.05) is 12.1 Å². The van der Waals surface area contributed by atoms with E-state index >= 15 is 0 Å². The maximum absolute atomic E-state index is 12.7. The monoisotopic (exact) mass is 511 g/mol. The van der Waals surface area contributed by atoms with Gasteiger partial charge in [0.15, 0.2) is 11.5 Å². The molecule has 190 valence electrons. The molecule has 0 aliphatic heterocycles. The highest BCUT2D eigenvalue weighted by molar-refractivity contribution is 5.95. The fraction of sp³-hybridized carbons (Fsp3) is 0.269. The first-order valence-electron chi connectivity index (χ1n) is 11.4. The Morgan fingerprint density at radius 2 is 1.81 bits per heavy atom. The molecule has 0 amide bonds. The van der Waals surface area contributed by atoms with Gasteiger partial charge in [-0.3, -0.25) is 4.57 Å². The number of hydrogen-bond acceptors (Lipinski definition) is 8. The number of imidazole rings is 1. The minimum absolute atomic E-state index is 0. The smallest absolute Gasteiger partial charge is 0.341 e. The number of nitrogens with two attached hydrogens (primary N) is 1. The molecule has 1 atom stereocenters. The van der Waals surface area contributed by atoms with Crippen LogP contribution in [0.25, 0.3) is 16.9 Å². The zero-order valence-corrected chi connectivity index (χ0v) is 21.2. The Hall–Kier alpha value is -3.82. The van der Waals surface area contributed by atoms with Crippen LogP contribution in [0.2, 0.25) is 0 Å². The van der Waals surface area contributed by atoms with E-state index in [4.69, 9.17) is 24.9 Å². The highest BCUT2D eigenvalue weighted by Crippen LogP contribution is 2.33. The van der Waals surface area contributed by atoms with Gasteiger partial charge < -0.3 is 25.3 Å². The van der Waals surface area contributed by atoms with Gasteiger partial charge >= 0.3 is 5.97 Å². The number of carbonyl (C=O) groups is 1. The van der Waals surface area contributed by atoms with Crippen molar-refractivity contribution in [1.82, 2.24) is 14.5 Å². The highest BCUT2D eigenvalue weighted by Gasteiger charge is 2.20. The molecule has 0 saturated heterocycles. The molecular formula is C26H30ClN5O4. The second kappa shape index (κ2) is 12.2. The van der Waals surface area contributed by atoms with Gasteiger partial charge in [0.1, 0.15) is 23.5 Å². The predicted octanol–water partition coefficient (Wildman–Crippen LogP) is 4.54. The van der Waals surface area contributed by atoms with E-state index < -0.39 is 5.97 Å². The SMILES string of the molecule is CCOC(=O)c1ccc(-n2cnc3cc(OC)c(OC)cc32)nc1NC(CCN)c1ccccc1.Cl. The van der Waals surface area contributed by atoms with Crippen LogP contribution in [0.5, 0.6) is 11.5 Å². The average molecular weight is 512 g/mol. The highest BCUT2D eigenvalue weighted by atomic mass is 35.5. The summed E-state index contributed by atoms with van der Waals surface area (Å²) < 4.78 is 18.0. The molecule has 0 radical (unpaired) electrons. The van der Waals surface area contributed by atoms with Gasteiger partial charge in [0.25, 0.3) is 0 Å². The Balaban J connectivity index is 0.00000361. The molecule has 0 fully saturated rings. The molecule has 9 nitrogen and oxygen atoms in total. The third kappa shape index (κ3) is 5.53. The molecular weight excluding hydrogens is 482 g/mol. The number of carbonyl (C=O) groups excluding carboxylic acids is 1. The van der Waals surface area contributed by atoms with Crippen molar-refractivity contribution in [1.29, 1.82) is 0 Å². The largest absolute Gasteiger partial charge is 0.493 e. The molecule has 0 spiro atoms. The number of esters is 1. The van der Waals surface area contributed by atoms with Gasteiger partial charge in [-0.1, -0.05) is 30.3 Å². The standard InChI is InChI=1S/C26H29N5O4.ClH/c1-4-35-26(32)18-10-11-24(30-25(18)29-19(12-13-27)17-8-6-5-7-9-17)31-16-28-20-14-22(33-2)23(34-3)15-21(20)31;/h5-11,14-16,19H,4,12-13,27H2,1-3H3,(H,29,30);1H. The number of pyridine rings is 1. The van der Waals surface area contributed by atoms with E-state index in [1.165, 1.54) is 0 Å².